The SMILES string of the molecule is COc1ccc(/C(C)=N/OC/C=N/N=C(N)N)cc1. The first kappa shape index (κ1) is 14.5. The number of nitrogens with zero attached hydrogens (tertiary/aromatic N) is 3. The van der Waals surface area contributed by atoms with Gasteiger partial charge in [0.1, 0.15) is 5.75 Å². The van der Waals surface area contributed by atoms with Gasteiger partial charge in [-0.05, 0) is 36.8 Å². The van der Waals surface area contributed by atoms with E-state index in [-0.39, 0.29) is 12.6 Å². The molecule has 0 bridgehead atoms. The van der Waals surface area contributed by atoms with Crippen LogP contribution in [-0.4, -0.2) is 31.6 Å². The molecule has 0 amide bonds. The fourth-order valence-electron chi connectivity index (χ4n) is 1.19. The number of hydrogen-bond donors (Lipinski definition) is 2. The van der Waals surface area contributed by atoms with Crippen molar-refractivity contribution in [2.45, 2.75) is 6.92 Å². The summed E-state index contributed by atoms with van der Waals surface area (Å²) < 4.78 is 5.07. The highest BCUT2D eigenvalue weighted by molar-refractivity contribution is 5.98. The third kappa shape index (κ3) is 5.53. The number of rotatable bonds is 6. The second-order valence-corrected chi connectivity index (χ2v) is 3.52. The van der Waals surface area contributed by atoms with Crippen molar-refractivity contribution in [1.82, 2.24) is 0 Å². The standard InChI is InChI=1S/C12H17N5O2/c1-9(10-3-5-11(18-2)6-4-10)17-19-8-7-15-16-12(13)14/h3-7H,8H2,1-2H3,(H4,13,14,16)/b15-7+,17-9+. The van der Waals surface area contributed by atoms with E-state index in [0.717, 1.165) is 17.0 Å². The van der Waals surface area contributed by atoms with Crippen LogP contribution in [0.1, 0.15) is 12.5 Å². The molecule has 7 heteroatoms. The molecule has 0 heterocycles. The molecule has 0 aliphatic carbocycles. The van der Waals surface area contributed by atoms with Crippen LogP contribution >= 0.6 is 0 Å². The Morgan fingerprint density at radius 2 is 1.95 bits per heavy atom. The number of ether oxygens (including phenoxy) is 1. The molecule has 0 unspecified atom stereocenters. The summed E-state index contributed by atoms with van der Waals surface area (Å²) in [5.74, 6) is 0.691. The molecule has 7 nitrogen and oxygen atoms in total. The smallest absolute Gasteiger partial charge is 0.211 e. The lowest BCUT2D eigenvalue weighted by Crippen LogP contribution is -2.21. The van der Waals surface area contributed by atoms with Gasteiger partial charge in [0.25, 0.3) is 0 Å². The first-order valence-corrected chi connectivity index (χ1v) is 5.55. The van der Waals surface area contributed by atoms with Crippen LogP contribution in [-0.2, 0) is 4.84 Å². The quantitative estimate of drug-likeness (QED) is 0.341. The molecular formula is C12H17N5O2. The average Bonchev–Trinajstić information content (AvgIpc) is 2.42. The van der Waals surface area contributed by atoms with E-state index in [4.69, 9.17) is 21.0 Å². The highest BCUT2D eigenvalue weighted by atomic mass is 16.6. The Hall–Kier alpha value is -2.57. The predicted molar refractivity (Wildman–Crippen MR) is 75.5 cm³/mol. The van der Waals surface area contributed by atoms with E-state index < -0.39 is 0 Å². The van der Waals surface area contributed by atoms with Crippen LogP contribution < -0.4 is 16.2 Å². The number of hydrogen-bond acceptors (Lipinski definition) is 5. The minimum Gasteiger partial charge on any atom is -0.497 e. The fraction of sp³-hybridized carbons (Fsp3) is 0.250. The lowest BCUT2D eigenvalue weighted by atomic mass is 10.1. The van der Waals surface area contributed by atoms with E-state index in [9.17, 15) is 0 Å². The first-order chi connectivity index (χ1) is 9.13. The second kappa shape index (κ2) is 7.70. The largest absolute Gasteiger partial charge is 0.497 e. The van der Waals surface area contributed by atoms with Crippen LogP contribution in [0.3, 0.4) is 0 Å². The van der Waals surface area contributed by atoms with Gasteiger partial charge in [0.05, 0.1) is 19.0 Å². The minimum atomic E-state index is -0.103. The maximum atomic E-state index is 5.09. The van der Waals surface area contributed by atoms with Crippen molar-refractivity contribution in [1.29, 1.82) is 0 Å². The molecule has 1 aromatic carbocycles. The molecule has 0 spiro atoms. The molecule has 0 radical (unpaired) electrons. The number of methoxy groups -OCH3 is 1. The number of benzene rings is 1. The lowest BCUT2D eigenvalue weighted by molar-refractivity contribution is 0.187. The summed E-state index contributed by atoms with van der Waals surface area (Å²) in [5.41, 5.74) is 11.9. The maximum absolute atomic E-state index is 5.09. The van der Waals surface area contributed by atoms with Crippen molar-refractivity contribution in [3.05, 3.63) is 29.8 Å². The zero-order valence-corrected chi connectivity index (χ0v) is 10.9. The molecule has 0 aliphatic heterocycles. The third-order valence-corrected chi connectivity index (χ3v) is 2.11. The van der Waals surface area contributed by atoms with Crippen LogP contribution in [0.15, 0.2) is 39.6 Å². The molecule has 0 atom stereocenters. The normalized spacial score (nSPS) is 11.4. The third-order valence-electron chi connectivity index (χ3n) is 2.11. The average molecular weight is 263 g/mol. The van der Waals surface area contributed by atoms with E-state index in [1.807, 2.05) is 31.2 Å². The van der Waals surface area contributed by atoms with Crippen molar-refractivity contribution in [2.75, 3.05) is 13.7 Å². The molecule has 0 fully saturated rings. The Morgan fingerprint density at radius 3 is 2.53 bits per heavy atom. The summed E-state index contributed by atoms with van der Waals surface area (Å²) in [4.78, 5) is 5.04. The molecule has 4 N–H and O–H groups in total. The zero-order valence-electron chi connectivity index (χ0n) is 10.9. The van der Waals surface area contributed by atoms with Gasteiger partial charge in [-0.15, -0.1) is 5.10 Å². The van der Waals surface area contributed by atoms with Gasteiger partial charge in [0, 0.05) is 0 Å². The van der Waals surface area contributed by atoms with Crippen LogP contribution in [0, 0.1) is 0 Å². The summed E-state index contributed by atoms with van der Waals surface area (Å²) in [6.07, 6.45) is 1.41. The first-order valence-electron chi connectivity index (χ1n) is 5.55. The van der Waals surface area contributed by atoms with Gasteiger partial charge in [-0.25, -0.2) is 0 Å². The fourth-order valence-corrected chi connectivity index (χ4v) is 1.19. The summed E-state index contributed by atoms with van der Waals surface area (Å²) in [6, 6.07) is 7.51. The Bertz CT molecular complexity index is 475. The zero-order chi connectivity index (χ0) is 14.1. The van der Waals surface area contributed by atoms with Crippen molar-refractivity contribution in [3.63, 3.8) is 0 Å². The molecule has 0 aromatic heterocycles. The van der Waals surface area contributed by atoms with E-state index in [1.165, 1.54) is 6.21 Å². The maximum Gasteiger partial charge on any atom is 0.211 e. The van der Waals surface area contributed by atoms with E-state index in [1.54, 1.807) is 7.11 Å². The Labute approximate surface area is 111 Å². The van der Waals surface area contributed by atoms with Crippen molar-refractivity contribution >= 4 is 17.9 Å². The molecule has 0 saturated carbocycles. The molecule has 0 aliphatic rings. The van der Waals surface area contributed by atoms with Gasteiger partial charge < -0.3 is 21.0 Å². The number of oxime groups is 1. The Morgan fingerprint density at radius 1 is 1.26 bits per heavy atom. The molecule has 102 valence electrons. The summed E-state index contributed by atoms with van der Waals surface area (Å²) in [6.45, 7) is 2.03. The van der Waals surface area contributed by atoms with Gasteiger partial charge in [-0.2, -0.15) is 5.10 Å². The molecule has 0 saturated heterocycles. The van der Waals surface area contributed by atoms with E-state index >= 15 is 0 Å². The Balaban J connectivity index is 2.48. The minimum absolute atomic E-state index is 0.103. The topological polar surface area (TPSA) is 108 Å². The van der Waals surface area contributed by atoms with Gasteiger partial charge in [-0.1, -0.05) is 5.16 Å². The predicted octanol–water partition coefficient (Wildman–Crippen LogP) is 0.695. The highest BCUT2D eigenvalue weighted by Gasteiger charge is 1.98. The lowest BCUT2D eigenvalue weighted by Gasteiger charge is -2.02. The second-order valence-electron chi connectivity index (χ2n) is 3.52. The molecule has 1 rings (SSSR count). The van der Waals surface area contributed by atoms with Crippen molar-refractivity contribution in [3.8, 4) is 5.75 Å². The monoisotopic (exact) mass is 263 g/mol. The summed E-state index contributed by atoms with van der Waals surface area (Å²) in [5, 5.41) is 10.9. The Kier molecular flexibility index (Phi) is 5.87. The molecular weight excluding hydrogens is 246 g/mol. The number of guanidine groups is 1. The number of nitrogens with two attached hydrogens (primary N) is 2. The van der Waals surface area contributed by atoms with Crippen LogP contribution in [0.2, 0.25) is 0 Å². The van der Waals surface area contributed by atoms with Crippen molar-refractivity contribution < 1.29 is 9.57 Å². The summed E-state index contributed by atoms with van der Waals surface area (Å²) >= 11 is 0. The van der Waals surface area contributed by atoms with Crippen molar-refractivity contribution in [2.24, 2.45) is 26.8 Å². The highest BCUT2D eigenvalue weighted by Crippen LogP contribution is 2.11. The van der Waals surface area contributed by atoms with Gasteiger partial charge in [0.15, 0.2) is 6.61 Å². The van der Waals surface area contributed by atoms with E-state index in [2.05, 4.69) is 15.4 Å². The van der Waals surface area contributed by atoms with Gasteiger partial charge in [0.2, 0.25) is 5.96 Å². The van der Waals surface area contributed by atoms with Crippen LogP contribution in [0.4, 0.5) is 0 Å². The summed E-state index contributed by atoms with van der Waals surface area (Å²) in [7, 11) is 1.62. The van der Waals surface area contributed by atoms with E-state index in [0.29, 0.717) is 0 Å². The molecule has 1 aromatic rings. The van der Waals surface area contributed by atoms with Crippen LogP contribution in [0.25, 0.3) is 0 Å². The van der Waals surface area contributed by atoms with Gasteiger partial charge >= 0.3 is 0 Å². The van der Waals surface area contributed by atoms with Crippen LogP contribution in [0.5, 0.6) is 5.75 Å². The van der Waals surface area contributed by atoms with Gasteiger partial charge in [-0.3, -0.25) is 0 Å². The molecule has 19 heavy (non-hydrogen) atoms.